The summed E-state index contributed by atoms with van der Waals surface area (Å²) in [5.74, 6) is 2.49. The van der Waals surface area contributed by atoms with Crippen molar-refractivity contribution in [3.05, 3.63) is 29.5 Å². The van der Waals surface area contributed by atoms with Crippen LogP contribution in [-0.2, 0) is 17.6 Å². The van der Waals surface area contributed by atoms with E-state index in [2.05, 4.69) is 5.32 Å². The zero-order valence-corrected chi connectivity index (χ0v) is 14.8. The fourth-order valence-corrected chi connectivity index (χ4v) is 4.18. The molecule has 2 aliphatic rings. The van der Waals surface area contributed by atoms with E-state index in [0.29, 0.717) is 5.92 Å². The molecule has 0 radical (unpaired) electrons. The van der Waals surface area contributed by atoms with E-state index in [1.54, 1.807) is 0 Å². The fraction of sp³-hybridized carbons (Fsp3) is 0.571. The second-order valence-corrected chi connectivity index (χ2v) is 7.47. The summed E-state index contributed by atoms with van der Waals surface area (Å²) in [7, 11) is 0. The number of carbonyl (C=O) groups excluding carboxylic acids is 1. The number of ether oxygens (including phenoxy) is 1. The maximum atomic E-state index is 12.1. The molecule has 0 spiro atoms. The molecule has 1 aromatic heterocycles. The Morgan fingerprint density at radius 3 is 2.84 bits per heavy atom. The van der Waals surface area contributed by atoms with Crippen LogP contribution in [0, 0.1) is 5.92 Å². The van der Waals surface area contributed by atoms with Crippen LogP contribution >= 0.6 is 0 Å². The number of fused-ring (bicyclic) bond motifs is 3. The van der Waals surface area contributed by atoms with Gasteiger partial charge in [0, 0.05) is 23.9 Å². The molecule has 4 nitrogen and oxygen atoms in total. The number of hydrogen-bond donors (Lipinski definition) is 1. The maximum absolute atomic E-state index is 12.1. The lowest BCUT2D eigenvalue weighted by Crippen LogP contribution is -2.33. The van der Waals surface area contributed by atoms with Crippen molar-refractivity contribution in [2.75, 3.05) is 13.2 Å². The van der Waals surface area contributed by atoms with Crippen LogP contribution in [0.15, 0.2) is 22.6 Å². The van der Waals surface area contributed by atoms with Gasteiger partial charge in [-0.3, -0.25) is 4.79 Å². The summed E-state index contributed by atoms with van der Waals surface area (Å²) in [6.45, 7) is 0.870. The van der Waals surface area contributed by atoms with Gasteiger partial charge in [0.1, 0.15) is 17.1 Å². The Balaban J connectivity index is 1.33. The first-order chi connectivity index (χ1) is 12.3. The van der Waals surface area contributed by atoms with Gasteiger partial charge in [-0.2, -0.15) is 0 Å². The van der Waals surface area contributed by atoms with Crippen molar-refractivity contribution in [2.45, 2.75) is 57.8 Å². The molecule has 1 saturated carbocycles. The molecular formula is C21H27NO3. The van der Waals surface area contributed by atoms with E-state index < -0.39 is 0 Å². The van der Waals surface area contributed by atoms with Crippen LogP contribution < -0.4 is 10.1 Å². The summed E-state index contributed by atoms with van der Waals surface area (Å²) < 4.78 is 11.7. The van der Waals surface area contributed by atoms with Crippen molar-refractivity contribution < 1.29 is 13.9 Å². The predicted molar refractivity (Wildman–Crippen MR) is 97.9 cm³/mol. The van der Waals surface area contributed by atoms with Crippen molar-refractivity contribution in [3.63, 3.8) is 0 Å². The minimum atomic E-state index is -0.0279. The van der Waals surface area contributed by atoms with E-state index in [9.17, 15) is 4.79 Å². The van der Waals surface area contributed by atoms with Crippen LogP contribution in [-0.4, -0.2) is 19.1 Å². The Morgan fingerprint density at radius 1 is 1.12 bits per heavy atom. The molecule has 0 bridgehead atoms. The van der Waals surface area contributed by atoms with E-state index in [0.717, 1.165) is 41.9 Å². The van der Waals surface area contributed by atoms with Crippen molar-refractivity contribution in [3.8, 4) is 5.75 Å². The van der Waals surface area contributed by atoms with Crippen molar-refractivity contribution >= 4 is 16.9 Å². The zero-order chi connectivity index (χ0) is 17.1. The number of rotatable bonds is 5. The van der Waals surface area contributed by atoms with E-state index in [1.807, 2.05) is 18.2 Å². The van der Waals surface area contributed by atoms with Crippen LogP contribution in [0.2, 0.25) is 0 Å². The molecule has 1 heterocycles. The Hall–Kier alpha value is -1.97. The smallest absolute Gasteiger partial charge is 0.257 e. The van der Waals surface area contributed by atoms with Gasteiger partial charge in [0.15, 0.2) is 6.61 Å². The SMILES string of the molecule is O=C(COc1ccc2oc3c(c2c1)CCCC3)NCC1CCCCC1. The Kier molecular flexibility index (Phi) is 4.95. The second-order valence-electron chi connectivity index (χ2n) is 7.47. The average molecular weight is 341 g/mol. The third kappa shape index (κ3) is 3.83. The normalized spacial score (nSPS) is 18.1. The van der Waals surface area contributed by atoms with Gasteiger partial charge >= 0.3 is 0 Å². The first kappa shape index (κ1) is 16.5. The van der Waals surface area contributed by atoms with Gasteiger partial charge < -0.3 is 14.5 Å². The highest BCUT2D eigenvalue weighted by molar-refractivity contribution is 5.84. The Labute approximate surface area is 148 Å². The van der Waals surface area contributed by atoms with E-state index in [1.165, 1.54) is 50.5 Å². The van der Waals surface area contributed by atoms with Gasteiger partial charge in [-0.25, -0.2) is 0 Å². The van der Waals surface area contributed by atoms with Crippen LogP contribution in [0.4, 0.5) is 0 Å². The van der Waals surface area contributed by atoms with E-state index >= 15 is 0 Å². The van der Waals surface area contributed by atoms with Gasteiger partial charge in [0.2, 0.25) is 0 Å². The molecule has 0 atom stereocenters. The highest BCUT2D eigenvalue weighted by Gasteiger charge is 2.18. The molecule has 4 heteroatoms. The third-order valence-electron chi connectivity index (χ3n) is 5.61. The van der Waals surface area contributed by atoms with Gasteiger partial charge in [-0.05, 0) is 56.2 Å². The summed E-state index contributed by atoms with van der Waals surface area (Å²) in [5.41, 5.74) is 2.26. The average Bonchev–Trinajstić information content (AvgIpc) is 3.03. The summed E-state index contributed by atoms with van der Waals surface area (Å²) in [4.78, 5) is 12.1. The van der Waals surface area contributed by atoms with Crippen LogP contribution in [0.3, 0.4) is 0 Å². The molecule has 1 fully saturated rings. The highest BCUT2D eigenvalue weighted by Crippen LogP contribution is 2.33. The minimum absolute atomic E-state index is 0.0279. The number of amides is 1. The standard InChI is InChI=1S/C21H27NO3/c23-21(22-13-15-6-2-1-3-7-15)14-24-16-10-11-20-18(12-16)17-8-4-5-9-19(17)25-20/h10-12,15H,1-9,13-14H2,(H,22,23). The minimum Gasteiger partial charge on any atom is -0.484 e. The van der Waals surface area contributed by atoms with Crippen LogP contribution in [0.25, 0.3) is 11.0 Å². The number of carbonyl (C=O) groups is 1. The topological polar surface area (TPSA) is 51.5 Å². The summed E-state index contributed by atoms with van der Waals surface area (Å²) in [5, 5.41) is 4.17. The van der Waals surface area contributed by atoms with Crippen molar-refractivity contribution in [1.82, 2.24) is 5.32 Å². The quantitative estimate of drug-likeness (QED) is 0.877. The first-order valence-corrected chi connectivity index (χ1v) is 9.73. The van der Waals surface area contributed by atoms with E-state index in [4.69, 9.17) is 9.15 Å². The lowest BCUT2D eigenvalue weighted by molar-refractivity contribution is -0.123. The van der Waals surface area contributed by atoms with Crippen molar-refractivity contribution in [1.29, 1.82) is 0 Å². The number of benzene rings is 1. The van der Waals surface area contributed by atoms with Gasteiger partial charge in [-0.15, -0.1) is 0 Å². The molecule has 1 aromatic carbocycles. The largest absolute Gasteiger partial charge is 0.484 e. The Morgan fingerprint density at radius 2 is 1.96 bits per heavy atom. The molecule has 0 saturated heterocycles. The van der Waals surface area contributed by atoms with Gasteiger partial charge in [0.05, 0.1) is 0 Å². The summed E-state index contributed by atoms with van der Waals surface area (Å²) in [6.07, 6.45) is 10.9. The number of aryl methyl sites for hydroxylation is 2. The molecule has 1 N–H and O–H groups in total. The monoisotopic (exact) mass is 341 g/mol. The maximum Gasteiger partial charge on any atom is 0.257 e. The van der Waals surface area contributed by atoms with Crippen molar-refractivity contribution in [2.24, 2.45) is 5.92 Å². The third-order valence-corrected chi connectivity index (χ3v) is 5.61. The molecule has 25 heavy (non-hydrogen) atoms. The number of furan rings is 1. The fourth-order valence-electron chi connectivity index (χ4n) is 4.18. The lowest BCUT2D eigenvalue weighted by Gasteiger charge is -2.21. The predicted octanol–water partition coefficient (Wildman–Crippen LogP) is 4.39. The molecule has 2 aliphatic carbocycles. The first-order valence-electron chi connectivity index (χ1n) is 9.73. The molecule has 134 valence electrons. The number of hydrogen-bond acceptors (Lipinski definition) is 3. The molecule has 2 aromatic rings. The van der Waals surface area contributed by atoms with Gasteiger partial charge in [0.25, 0.3) is 5.91 Å². The van der Waals surface area contributed by atoms with Gasteiger partial charge in [-0.1, -0.05) is 19.3 Å². The highest BCUT2D eigenvalue weighted by atomic mass is 16.5. The second kappa shape index (κ2) is 7.51. The molecule has 4 rings (SSSR count). The Bertz CT molecular complexity index is 743. The molecule has 1 amide bonds. The van der Waals surface area contributed by atoms with Crippen LogP contribution in [0.1, 0.15) is 56.3 Å². The van der Waals surface area contributed by atoms with E-state index in [-0.39, 0.29) is 12.5 Å². The number of nitrogens with one attached hydrogen (secondary N) is 1. The summed E-state index contributed by atoms with van der Waals surface area (Å²) >= 11 is 0. The molecule has 0 aliphatic heterocycles. The zero-order valence-electron chi connectivity index (χ0n) is 14.8. The summed E-state index contributed by atoms with van der Waals surface area (Å²) in [6, 6.07) is 5.88. The van der Waals surface area contributed by atoms with Crippen LogP contribution in [0.5, 0.6) is 5.75 Å². The lowest BCUT2D eigenvalue weighted by atomic mass is 9.89. The molecule has 0 unspecified atom stereocenters. The molecular weight excluding hydrogens is 314 g/mol.